The third-order valence-corrected chi connectivity index (χ3v) is 5.58. The normalized spacial score (nSPS) is 10.9. The van der Waals surface area contributed by atoms with Gasteiger partial charge in [-0.2, -0.15) is 10.1 Å². The number of aromatic nitrogens is 3. The van der Waals surface area contributed by atoms with Gasteiger partial charge in [0.15, 0.2) is 0 Å². The highest BCUT2D eigenvalue weighted by molar-refractivity contribution is 5.95. The van der Waals surface area contributed by atoms with Crippen LogP contribution in [0.5, 0.6) is 11.8 Å². The molecule has 8 heteroatoms. The standard InChI is InChI=1S/C27H22N4O4/c1-30-24-14-12-21(31(32)33)16-23(24)26(29-30)22-13-15-25(34-17-19-8-4-2-5-9-19)28-27(22)35-18-20-10-6-3-7-11-20/h2-16H,17-18H2,1H3. The fourth-order valence-electron chi connectivity index (χ4n) is 3.82. The first-order valence-corrected chi connectivity index (χ1v) is 11.0. The summed E-state index contributed by atoms with van der Waals surface area (Å²) in [4.78, 5) is 15.6. The Kier molecular flexibility index (Phi) is 6.09. The van der Waals surface area contributed by atoms with E-state index in [1.165, 1.54) is 12.1 Å². The Bertz CT molecular complexity index is 1480. The SMILES string of the molecule is Cn1nc(-c2ccc(OCc3ccccc3)nc2OCc2ccccc2)c2cc([N+](=O)[O-])ccc21. The molecule has 3 aromatic carbocycles. The van der Waals surface area contributed by atoms with E-state index in [0.29, 0.717) is 41.6 Å². The number of nitro benzene ring substituents is 1. The van der Waals surface area contributed by atoms with Crippen LogP contribution >= 0.6 is 0 Å². The van der Waals surface area contributed by atoms with Crippen molar-refractivity contribution in [3.63, 3.8) is 0 Å². The van der Waals surface area contributed by atoms with Gasteiger partial charge in [0, 0.05) is 30.6 Å². The molecule has 0 amide bonds. The minimum Gasteiger partial charge on any atom is -0.473 e. The maximum Gasteiger partial charge on any atom is 0.270 e. The summed E-state index contributed by atoms with van der Waals surface area (Å²) in [5, 5.41) is 16.7. The van der Waals surface area contributed by atoms with Gasteiger partial charge in [-0.25, -0.2) is 0 Å². The molecule has 35 heavy (non-hydrogen) atoms. The van der Waals surface area contributed by atoms with Gasteiger partial charge < -0.3 is 9.47 Å². The molecule has 0 bridgehead atoms. The minimum absolute atomic E-state index is 0.00530. The summed E-state index contributed by atoms with van der Waals surface area (Å²) < 4.78 is 13.7. The lowest BCUT2D eigenvalue weighted by molar-refractivity contribution is -0.384. The number of nitrogens with zero attached hydrogens (tertiary/aromatic N) is 4. The Hall–Kier alpha value is -4.72. The lowest BCUT2D eigenvalue weighted by Gasteiger charge is -2.12. The molecule has 0 radical (unpaired) electrons. The van der Waals surface area contributed by atoms with Gasteiger partial charge >= 0.3 is 0 Å². The molecule has 8 nitrogen and oxygen atoms in total. The van der Waals surface area contributed by atoms with Crippen molar-refractivity contribution in [2.45, 2.75) is 13.2 Å². The first-order valence-electron chi connectivity index (χ1n) is 11.0. The zero-order chi connectivity index (χ0) is 24.2. The van der Waals surface area contributed by atoms with Crippen molar-refractivity contribution in [2.75, 3.05) is 0 Å². The first-order chi connectivity index (χ1) is 17.1. The summed E-state index contributed by atoms with van der Waals surface area (Å²) in [5.41, 5.74) is 3.94. The Morgan fingerprint density at radius 1 is 0.857 bits per heavy atom. The van der Waals surface area contributed by atoms with Crippen LogP contribution in [0.3, 0.4) is 0 Å². The Morgan fingerprint density at radius 3 is 2.17 bits per heavy atom. The van der Waals surface area contributed by atoms with Crippen LogP contribution in [0.15, 0.2) is 91.0 Å². The van der Waals surface area contributed by atoms with E-state index in [1.807, 2.05) is 66.7 Å². The van der Waals surface area contributed by atoms with Crippen LogP contribution in [0.2, 0.25) is 0 Å². The van der Waals surface area contributed by atoms with E-state index in [-0.39, 0.29) is 5.69 Å². The molecule has 5 rings (SSSR count). The molecule has 0 unspecified atom stereocenters. The number of rotatable bonds is 8. The third kappa shape index (κ3) is 4.81. The highest BCUT2D eigenvalue weighted by atomic mass is 16.6. The van der Waals surface area contributed by atoms with E-state index >= 15 is 0 Å². The van der Waals surface area contributed by atoms with E-state index < -0.39 is 4.92 Å². The van der Waals surface area contributed by atoms with Crippen LogP contribution in [0, 0.1) is 10.1 Å². The highest BCUT2D eigenvalue weighted by Crippen LogP contribution is 2.36. The molecule has 2 aromatic heterocycles. The number of ether oxygens (including phenoxy) is 2. The smallest absolute Gasteiger partial charge is 0.270 e. The van der Waals surface area contributed by atoms with Gasteiger partial charge in [0.05, 0.1) is 16.0 Å². The molecule has 0 fully saturated rings. The molecular weight excluding hydrogens is 444 g/mol. The monoisotopic (exact) mass is 466 g/mol. The molecule has 5 aromatic rings. The zero-order valence-corrected chi connectivity index (χ0v) is 19.0. The molecule has 0 N–H and O–H groups in total. The lowest BCUT2D eigenvalue weighted by Crippen LogP contribution is -2.03. The number of aryl methyl sites for hydroxylation is 1. The zero-order valence-electron chi connectivity index (χ0n) is 19.0. The molecular formula is C27H22N4O4. The van der Waals surface area contributed by atoms with Crippen LogP contribution in [-0.4, -0.2) is 19.7 Å². The molecule has 0 saturated heterocycles. The topological polar surface area (TPSA) is 92.3 Å². The molecule has 0 aliphatic rings. The number of fused-ring (bicyclic) bond motifs is 1. The Balaban J connectivity index is 1.54. The second-order valence-electron chi connectivity index (χ2n) is 7.98. The number of pyridine rings is 1. The molecule has 0 aliphatic carbocycles. The molecule has 2 heterocycles. The predicted molar refractivity (Wildman–Crippen MR) is 132 cm³/mol. The Morgan fingerprint density at radius 2 is 1.51 bits per heavy atom. The summed E-state index contributed by atoms with van der Waals surface area (Å²) in [6, 6.07) is 27.9. The van der Waals surface area contributed by atoms with Crippen LogP contribution in [-0.2, 0) is 20.3 Å². The number of hydrogen-bond acceptors (Lipinski definition) is 6. The molecule has 0 atom stereocenters. The Labute approximate surface area is 201 Å². The fourth-order valence-corrected chi connectivity index (χ4v) is 3.82. The number of nitro groups is 1. The lowest BCUT2D eigenvalue weighted by atomic mass is 10.1. The number of non-ortho nitro benzene ring substituents is 1. The quantitative estimate of drug-likeness (QED) is 0.215. The molecule has 0 aliphatic heterocycles. The minimum atomic E-state index is -0.415. The van der Waals surface area contributed by atoms with Gasteiger partial charge in [-0.15, -0.1) is 0 Å². The van der Waals surface area contributed by atoms with Crippen LogP contribution < -0.4 is 9.47 Å². The molecule has 174 valence electrons. The van der Waals surface area contributed by atoms with Crippen molar-refractivity contribution in [2.24, 2.45) is 7.05 Å². The van der Waals surface area contributed by atoms with Crippen molar-refractivity contribution in [3.8, 4) is 23.0 Å². The van der Waals surface area contributed by atoms with Crippen molar-refractivity contribution in [3.05, 3.63) is 112 Å². The van der Waals surface area contributed by atoms with Gasteiger partial charge in [-0.1, -0.05) is 60.7 Å². The van der Waals surface area contributed by atoms with Crippen LogP contribution in [0.1, 0.15) is 11.1 Å². The van der Waals surface area contributed by atoms with Crippen molar-refractivity contribution in [1.82, 2.24) is 14.8 Å². The number of benzene rings is 3. The van der Waals surface area contributed by atoms with E-state index in [4.69, 9.17) is 9.47 Å². The van der Waals surface area contributed by atoms with Crippen LogP contribution in [0.25, 0.3) is 22.2 Å². The predicted octanol–water partition coefficient (Wildman–Crippen LogP) is 5.70. The molecule has 0 saturated carbocycles. The van der Waals surface area contributed by atoms with Gasteiger partial charge in [0.2, 0.25) is 11.8 Å². The van der Waals surface area contributed by atoms with Crippen molar-refractivity contribution in [1.29, 1.82) is 0 Å². The summed E-state index contributed by atoms with van der Waals surface area (Å²) in [6.07, 6.45) is 0. The average Bonchev–Trinajstić information content (AvgIpc) is 3.23. The van der Waals surface area contributed by atoms with Crippen molar-refractivity contribution < 1.29 is 14.4 Å². The maximum absolute atomic E-state index is 11.4. The summed E-state index contributed by atoms with van der Waals surface area (Å²) in [5.74, 6) is 0.748. The van der Waals surface area contributed by atoms with Crippen LogP contribution in [0.4, 0.5) is 5.69 Å². The molecule has 0 spiro atoms. The second kappa shape index (κ2) is 9.64. The van der Waals surface area contributed by atoms with Crippen molar-refractivity contribution >= 4 is 16.6 Å². The van der Waals surface area contributed by atoms with Gasteiger partial charge in [0.25, 0.3) is 5.69 Å². The average molecular weight is 466 g/mol. The maximum atomic E-state index is 11.4. The fraction of sp³-hybridized carbons (Fsp3) is 0.111. The van der Waals surface area contributed by atoms with Gasteiger partial charge in [-0.05, 0) is 23.3 Å². The van der Waals surface area contributed by atoms with E-state index in [9.17, 15) is 10.1 Å². The third-order valence-electron chi connectivity index (χ3n) is 5.58. The number of hydrogen-bond donors (Lipinski definition) is 0. The summed E-state index contributed by atoms with van der Waals surface area (Å²) in [7, 11) is 1.80. The summed E-state index contributed by atoms with van der Waals surface area (Å²) in [6.45, 7) is 0.665. The first kappa shape index (κ1) is 22.1. The highest BCUT2D eigenvalue weighted by Gasteiger charge is 2.20. The van der Waals surface area contributed by atoms with Gasteiger partial charge in [0.1, 0.15) is 18.9 Å². The summed E-state index contributed by atoms with van der Waals surface area (Å²) >= 11 is 0. The second-order valence-corrected chi connectivity index (χ2v) is 7.98. The van der Waals surface area contributed by atoms with E-state index in [1.54, 1.807) is 23.9 Å². The van der Waals surface area contributed by atoms with E-state index in [2.05, 4.69) is 10.1 Å². The largest absolute Gasteiger partial charge is 0.473 e. The van der Waals surface area contributed by atoms with E-state index in [0.717, 1.165) is 16.6 Å². The van der Waals surface area contributed by atoms with Gasteiger partial charge in [-0.3, -0.25) is 14.8 Å².